The molecule has 1 aliphatic rings. The summed E-state index contributed by atoms with van der Waals surface area (Å²) >= 11 is 1.23. The molecule has 0 radical (unpaired) electrons. The first kappa shape index (κ1) is 25.5. The quantitative estimate of drug-likeness (QED) is 0.339. The van der Waals surface area contributed by atoms with Gasteiger partial charge < -0.3 is 15.0 Å². The molecule has 0 unspecified atom stereocenters. The summed E-state index contributed by atoms with van der Waals surface area (Å²) in [6, 6.07) is 20.7. The van der Waals surface area contributed by atoms with Crippen LogP contribution in [0.3, 0.4) is 0 Å². The summed E-state index contributed by atoms with van der Waals surface area (Å²) in [5.74, 6) is 0.452. The van der Waals surface area contributed by atoms with Crippen molar-refractivity contribution in [3.63, 3.8) is 0 Å². The number of benzene rings is 3. The van der Waals surface area contributed by atoms with Crippen molar-refractivity contribution in [1.82, 2.24) is 20.1 Å². The van der Waals surface area contributed by atoms with Crippen LogP contribution in [-0.4, -0.2) is 46.0 Å². The van der Waals surface area contributed by atoms with Gasteiger partial charge in [0.25, 0.3) is 5.91 Å². The Morgan fingerprint density at radius 2 is 1.87 bits per heavy atom. The number of anilines is 1. The third-order valence-corrected chi connectivity index (χ3v) is 7.18. The fraction of sp³-hybridized carbons (Fsp3) is 0.214. The minimum absolute atomic E-state index is 0.0368. The van der Waals surface area contributed by atoms with Gasteiger partial charge in [0, 0.05) is 17.8 Å². The van der Waals surface area contributed by atoms with E-state index in [9.17, 15) is 14.0 Å². The highest BCUT2D eigenvalue weighted by molar-refractivity contribution is 7.99. The van der Waals surface area contributed by atoms with Crippen molar-refractivity contribution in [2.24, 2.45) is 0 Å². The van der Waals surface area contributed by atoms with E-state index < -0.39 is 5.82 Å². The Labute approximate surface area is 223 Å². The molecular weight excluding hydrogens is 505 g/mol. The highest BCUT2D eigenvalue weighted by atomic mass is 32.2. The van der Waals surface area contributed by atoms with E-state index in [-0.39, 0.29) is 24.1 Å². The smallest absolute Gasteiger partial charge is 0.251 e. The van der Waals surface area contributed by atoms with Crippen LogP contribution in [-0.2, 0) is 17.8 Å². The second-order valence-corrected chi connectivity index (χ2v) is 9.63. The maximum Gasteiger partial charge on any atom is 0.251 e. The minimum atomic E-state index is -0.415. The second-order valence-electron chi connectivity index (χ2n) is 8.69. The Bertz CT molecular complexity index is 1460. The number of para-hydroxylation sites is 1. The molecule has 5 rings (SSSR count). The molecule has 0 aliphatic carbocycles. The summed E-state index contributed by atoms with van der Waals surface area (Å²) < 4.78 is 20.9. The minimum Gasteiger partial charge on any atom is -0.497 e. The fourth-order valence-electron chi connectivity index (χ4n) is 4.38. The normalized spacial score (nSPS) is 12.6. The van der Waals surface area contributed by atoms with E-state index in [0.717, 1.165) is 24.1 Å². The van der Waals surface area contributed by atoms with Gasteiger partial charge in [-0.05, 0) is 66.9 Å². The van der Waals surface area contributed by atoms with Crippen molar-refractivity contribution < 1.29 is 18.7 Å². The molecule has 10 heteroatoms. The van der Waals surface area contributed by atoms with Crippen LogP contribution in [0, 0.1) is 5.82 Å². The lowest BCUT2D eigenvalue weighted by Gasteiger charge is -2.29. The van der Waals surface area contributed by atoms with Gasteiger partial charge in [0.1, 0.15) is 11.6 Å². The van der Waals surface area contributed by atoms with Gasteiger partial charge in [0.15, 0.2) is 11.0 Å². The number of thioether (sulfide) groups is 1. The van der Waals surface area contributed by atoms with Crippen LogP contribution in [0.2, 0.25) is 0 Å². The molecule has 8 nitrogen and oxygen atoms in total. The number of nitrogens with one attached hydrogen (secondary N) is 1. The zero-order valence-electron chi connectivity index (χ0n) is 20.8. The van der Waals surface area contributed by atoms with Gasteiger partial charge in [0.2, 0.25) is 5.91 Å². The average Bonchev–Trinajstić information content (AvgIpc) is 3.37. The maximum atomic E-state index is 14.1. The van der Waals surface area contributed by atoms with Crippen molar-refractivity contribution in [1.29, 1.82) is 0 Å². The topological polar surface area (TPSA) is 89.3 Å². The van der Waals surface area contributed by atoms with Gasteiger partial charge in [-0.25, -0.2) is 4.39 Å². The van der Waals surface area contributed by atoms with Gasteiger partial charge >= 0.3 is 0 Å². The third-order valence-electron chi connectivity index (χ3n) is 6.26. The number of nitrogens with zero attached hydrogens (tertiary/aromatic N) is 4. The number of carbonyl (C=O) groups is 2. The van der Waals surface area contributed by atoms with Crippen molar-refractivity contribution in [3.8, 4) is 11.4 Å². The van der Waals surface area contributed by atoms with Gasteiger partial charge in [-0.2, -0.15) is 0 Å². The van der Waals surface area contributed by atoms with Crippen LogP contribution in [0.1, 0.15) is 28.2 Å². The van der Waals surface area contributed by atoms with Crippen molar-refractivity contribution in [3.05, 3.63) is 95.6 Å². The van der Waals surface area contributed by atoms with E-state index in [4.69, 9.17) is 4.74 Å². The maximum absolute atomic E-state index is 14.1. The summed E-state index contributed by atoms with van der Waals surface area (Å²) in [5, 5.41) is 11.8. The van der Waals surface area contributed by atoms with E-state index in [1.54, 1.807) is 48.1 Å². The Balaban J connectivity index is 1.34. The number of halogens is 1. The van der Waals surface area contributed by atoms with Crippen LogP contribution in [0.4, 0.5) is 10.1 Å². The molecule has 1 aliphatic heterocycles. The number of methoxy groups -OCH3 is 1. The number of carbonyl (C=O) groups excluding carboxylic acids is 2. The zero-order valence-corrected chi connectivity index (χ0v) is 21.6. The molecular formula is C28H26FN5O3S. The third kappa shape index (κ3) is 5.55. The standard InChI is InChI=1S/C28H26FN5O3S/c1-37-23-13-11-20(12-14-23)27(36)30-17-25-31-32-28(34(25)22-9-4-8-21(29)16-22)38-18-26(35)33-15-5-7-19-6-2-3-10-24(19)33/h2-4,6,8-14,16H,5,7,15,17-18H2,1H3,(H,30,36). The SMILES string of the molecule is COc1ccc(C(=O)NCc2nnc(SCC(=O)N3CCCc4ccccc43)n2-c2cccc(F)c2)cc1. The predicted molar refractivity (Wildman–Crippen MR) is 143 cm³/mol. The summed E-state index contributed by atoms with van der Waals surface area (Å²) in [6.07, 6.45) is 1.86. The monoisotopic (exact) mass is 531 g/mol. The molecule has 1 N–H and O–H groups in total. The number of amides is 2. The molecule has 2 amide bonds. The molecule has 2 heterocycles. The van der Waals surface area contributed by atoms with Crippen LogP contribution in [0.15, 0.2) is 78.0 Å². The number of hydrogen-bond donors (Lipinski definition) is 1. The van der Waals surface area contributed by atoms with Gasteiger partial charge in [-0.1, -0.05) is 36.0 Å². The number of aromatic nitrogens is 3. The molecule has 3 aromatic carbocycles. The van der Waals surface area contributed by atoms with E-state index in [0.29, 0.717) is 34.5 Å². The molecule has 0 bridgehead atoms. The van der Waals surface area contributed by atoms with Crippen molar-refractivity contribution >= 4 is 29.3 Å². The molecule has 0 atom stereocenters. The molecule has 0 fully saturated rings. The molecule has 38 heavy (non-hydrogen) atoms. The molecule has 1 aromatic heterocycles. The van der Waals surface area contributed by atoms with Crippen molar-refractivity contribution in [2.75, 3.05) is 24.3 Å². The predicted octanol–water partition coefficient (Wildman–Crippen LogP) is 4.42. The van der Waals surface area contributed by atoms with E-state index >= 15 is 0 Å². The highest BCUT2D eigenvalue weighted by Gasteiger charge is 2.24. The molecule has 194 valence electrons. The largest absolute Gasteiger partial charge is 0.497 e. The Morgan fingerprint density at radius 1 is 1.05 bits per heavy atom. The van der Waals surface area contributed by atoms with Gasteiger partial charge in [-0.3, -0.25) is 14.2 Å². The average molecular weight is 532 g/mol. The Morgan fingerprint density at radius 3 is 2.66 bits per heavy atom. The highest BCUT2D eigenvalue weighted by Crippen LogP contribution is 2.29. The lowest BCUT2D eigenvalue weighted by molar-refractivity contribution is -0.116. The first-order valence-corrected chi connectivity index (χ1v) is 13.2. The molecule has 0 saturated heterocycles. The summed E-state index contributed by atoms with van der Waals surface area (Å²) in [7, 11) is 1.56. The summed E-state index contributed by atoms with van der Waals surface area (Å²) in [5.41, 5.74) is 3.07. The van der Waals surface area contributed by atoms with E-state index in [2.05, 4.69) is 21.6 Å². The Kier molecular flexibility index (Phi) is 7.69. The number of ether oxygens (including phenoxy) is 1. The van der Waals surface area contributed by atoms with Gasteiger partial charge in [-0.15, -0.1) is 10.2 Å². The summed E-state index contributed by atoms with van der Waals surface area (Å²) in [4.78, 5) is 27.7. The lowest BCUT2D eigenvalue weighted by Crippen LogP contribution is -2.36. The number of fused-ring (bicyclic) bond motifs is 1. The zero-order chi connectivity index (χ0) is 26.5. The summed E-state index contributed by atoms with van der Waals surface area (Å²) in [6.45, 7) is 0.720. The van der Waals surface area contributed by atoms with Crippen LogP contribution in [0.25, 0.3) is 5.69 Å². The number of rotatable bonds is 8. The van der Waals surface area contributed by atoms with E-state index in [1.165, 1.54) is 23.9 Å². The first-order chi connectivity index (χ1) is 18.5. The molecule has 4 aromatic rings. The Hall–Kier alpha value is -4.18. The molecule has 0 saturated carbocycles. The van der Waals surface area contributed by atoms with E-state index in [1.807, 2.05) is 23.1 Å². The number of hydrogen-bond acceptors (Lipinski definition) is 6. The molecule has 0 spiro atoms. The second kappa shape index (κ2) is 11.5. The lowest BCUT2D eigenvalue weighted by atomic mass is 10.0. The van der Waals surface area contributed by atoms with Crippen LogP contribution in [0.5, 0.6) is 5.75 Å². The van der Waals surface area contributed by atoms with Gasteiger partial charge in [0.05, 0.1) is 25.1 Å². The van der Waals surface area contributed by atoms with Crippen LogP contribution >= 0.6 is 11.8 Å². The first-order valence-electron chi connectivity index (χ1n) is 12.2. The number of aryl methyl sites for hydroxylation is 1. The van der Waals surface area contributed by atoms with Crippen LogP contribution < -0.4 is 15.0 Å². The van der Waals surface area contributed by atoms with Crippen molar-refractivity contribution in [2.45, 2.75) is 24.5 Å². The fourth-order valence-corrected chi connectivity index (χ4v) is 5.23.